The van der Waals surface area contributed by atoms with E-state index in [2.05, 4.69) is 10.6 Å². The summed E-state index contributed by atoms with van der Waals surface area (Å²) in [6.45, 7) is 0.850. The molecule has 4 rings (SSSR count). The second-order valence-electron chi connectivity index (χ2n) is 8.67. The molecule has 1 aliphatic carbocycles. The average Bonchev–Trinajstić information content (AvgIpc) is 3.32. The minimum absolute atomic E-state index is 0.203. The molecule has 2 N–H and O–H groups in total. The summed E-state index contributed by atoms with van der Waals surface area (Å²) in [4.78, 5) is 24.1. The maximum atomic E-state index is 12.1. The van der Waals surface area contributed by atoms with Crippen molar-refractivity contribution in [3.8, 4) is 17.2 Å². The van der Waals surface area contributed by atoms with Gasteiger partial charge in [0.25, 0.3) is 0 Å². The number of anilines is 1. The summed E-state index contributed by atoms with van der Waals surface area (Å²) >= 11 is 0. The van der Waals surface area contributed by atoms with E-state index in [0.29, 0.717) is 23.7 Å². The minimum Gasteiger partial charge on any atom is -0.494 e. The summed E-state index contributed by atoms with van der Waals surface area (Å²) in [7, 11) is 0. The third-order valence-corrected chi connectivity index (χ3v) is 6.05. The second kappa shape index (κ2) is 12.3. The zero-order valence-electron chi connectivity index (χ0n) is 19.3. The molecule has 2 aromatic carbocycles. The van der Waals surface area contributed by atoms with Gasteiger partial charge in [-0.2, -0.15) is 0 Å². The Bertz CT molecular complexity index is 956. The fourth-order valence-corrected chi connectivity index (χ4v) is 4.19. The molecule has 0 unspecified atom stereocenters. The summed E-state index contributed by atoms with van der Waals surface area (Å²) in [5, 5.41) is 5.51. The van der Waals surface area contributed by atoms with E-state index in [4.69, 9.17) is 18.9 Å². The van der Waals surface area contributed by atoms with Crippen molar-refractivity contribution in [1.82, 2.24) is 5.32 Å². The van der Waals surface area contributed by atoms with E-state index in [1.807, 2.05) is 24.3 Å². The van der Waals surface area contributed by atoms with Crippen molar-refractivity contribution < 1.29 is 28.5 Å². The van der Waals surface area contributed by atoms with Crippen LogP contribution in [0.25, 0.3) is 0 Å². The van der Waals surface area contributed by atoms with Crippen molar-refractivity contribution in [2.45, 2.75) is 45.1 Å². The highest BCUT2D eigenvalue weighted by Crippen LogP contribution is 2.32. The molecule has 0 radical (unpaired) electrons. The SMILES string of the molecule is O=C(COCC(=O)Nc1ccc(OCCC2CCCCC2)cc1)NCc1ccc2c(c1)OCO2. The minimum atomic E-state index is -0.325. The number of amides is 2. The fraction of sp³-hybridized carbons (Fsp3) is 0.462. The van der Waals surface area contributed by atoms with Gasteiger partial charge < -0.3 is 29.6 Å². The van der Waals surface area contributed by atoms with Crippen LogP contribution in [-0.2, 0) is 20.9 Å². The predicted octanol–water partition coefficient (Wildman–Crippen LogP) is 4.04. The first-order chi connectivity index (χ1) is 16.7. The first-order valence-electron chi connectivity index (χ1n) is 11.9. The average molecular weight is 469 g/mol. The zero-order valence-corrected chi connectivity index (χ0v) is 19.3. The Labute approximate surface area is 199 Å². The highest BCUT2D eigenvalue weighted by molar-refractivity contribution is 5.91. The van der Waals surface area contributed by atoms with E-state index in [0.717, 1.165) is 30.3 Å². The topological polar surface area (TPSA) is 95.1 Å². The molecule has 0 atom stereocenters. The van der Waals surface area contributed by atoms with Crippen LogP contribution in [-0.4, -0.2) is 38.4 Å². The number of rotatable bonds is 11. The van der Waals surface area contributed by atoms with Crippen LogP contribution in [0.2, 0.25) is 0 Å². The number of fused-ring (bicyclic) bond motifs is 1. The van der Waals surface area contributed by atoms with Crippen LogP contribution in [0, 0.1) is 5.92 Å². The number of hydrogen-bond acceptors (Lipinski definition) is 6. The smallest absolute Gasteiger partial charge is 0.250 e. The molecular formula is C26H32N2O6. The van der Waals surface area contributed by atoms with Gasteiger partial charge in [-0.1, -0.05) is 38.2 Å². The molecule has 182 valence electrons. The highest BCUT2D eigenvalue weighted by Gasteiger charge is 2.14. The molecule has 0 spiro atoms. The monoisotopic (exact) mass is 468 g/mol. The number of benzene rings is 2. The molecule has 1 fully saturated rings. The van der Waals surface area contributed by atoms with Gasteiger partial charge in [0.2, 0.25) is 18.6 Å². The quantitative estimate of drug-likeness (QED) is 0.517. The van der Waals surface area contributed by atoms with Gasteiger partial charge in [-0.15, -0.1) is 0 Å². The van der Waals surface area contributed by atoms with Gasteiger partial charge in [0.05, 0.1) is 6.61 Å². The summed E-state index contributed by atoms with van der Waals surface area (Å²) in [5.41, 5.74) is 1.54. The van der Waals surface area contributed by atoms with E-state index < -0.39 is 0 Å². The van der Waals surface area contributed by atoms with E-state index in [9.17, 15) is 9.59 Å². The number of hydrogen-bond donors (Lipinski definition) is 2. The van der Waals surface area contributed by atoms with Crippen molar-refractivity contribution in [2.24, 2.45) is 5.92 Å². The van der Waals surface area contributed by atoms with Crippen LogP contribution < -0.4 is 24.8 Å². The van der Waals surface area contributed by atoms with Gasteiger partial charge in [-0.05, 0) is 54.3 Å². The maximum absolute atomic E-state index is 12.1. The van der Waals surface area contributed by atoms with Crippen LogP contribution in [0.1, 0.15) is 44.1 Å². The summed E-state index contributed by atoms with van der Waals surface area (Å²) in [5.74, 6) is 2.32. The van der Waals surface area contributed by atoms with Crippen molar-refractivity contribution >= 4 is 17.5 Å². The predicted molar refractivity (Wildman–Crippen MR) is 127 cm³/mol. The van der Waals surface area contributed by atoms with Crippen LogP contribution in [0.4, 0.5) is 5.69 Å². The summed E-state index contributed by atoms with van der Waals surface area (Å²) in [6.07, 6.45) is 7.78. The molecule has 1 heterocycles. The van der Waals surface area contributed by atoms with Gasteiger partial charge >= 0.3 is 0 Å². The molecule has 8 nitrogen and oxygen atoms in total. The van der Waals surface area contributed by atoms with E-state index in [-0.39, 0.29) is 31.8 Å². The molecule has 2 amide bonds. The summed E-state index contributed by atoms with van der Waals surface area (Å²) in [6, 6.07) is 12.8. The van der Waals surface area contributed by atoms with Crippen LogP contribution in [0.5, 0.6) is 17.2 Å². The molecule has 8 heteroatoms. The largest absolute Gasteiger partial charge is 0.494 e. The highest BCUT2D eigenvalue weighted by atomic mass is 16.7. The number of nitrogens with one attached hydrogen (secondary N) is 2. The lowest BCUT2D eigenvalue weighted by Crippen LogP contribution is -2.29. The van der Waals surface area contributed by atoms with Crippen molar-refractivity contribution in [2.75, 3.05) is 31.9 Å². The third-order valence-electron chi connectivity index (χ3n) is 6.05. The Morgan fingerprint density at radius 2 is 1.68 bits per heavy atom. The molecule has 34 heavy (non-hydrogen) atoms. The van der Waals surface area contributed by atoms with Gasteiger partial charge in [-0.25, -0.2) is 0 Å². The second-order valence-corrected chi connectivity index (χ2v) is 8.67. The number of carbonyl (C=O) groups is 2. The third kappa shape index (κ3) is 7.38. The van der Waals surface area contributed by atoms with Gasteiger partial charge in [-0.3, -0.25) is 9.59 Å². The molecule has 0 saturated heterocycles. The lowest BCUT2D eigenvalue weighted by molar-refractivity contribution is -0.128. The van der Waals surface area contributed by atoms with Gasteiger partial charge in [0.15, 0.2) is 11.5 Å². The van der Waals surface area contributed by atoms with Crippen LogP contribution >= 0.6 is 0 Å². The standard InChI is InChI=1S/C26H32N2O6/c29-25(27-15-20-6-11-23-24(14-20)34-18-33-23)16-31-17-26(30)28-21-7-9-22(10-8-21)32-13-12-19-4-2-1-3-5-19/h6-11,14,19H,1-5,12-13,15-18H2,(H,27,29)(H,28,30). The van der Waals surface area contributed by atoms with E-state index in [1.54, 1.807) is 18.2 Å². The number of ether oxygens (including phenoxy) is 4. The van der Waals surface area contributed by atoms with Crippen molar-refractivity contribution in [1.29, 1.82) is 0 Å². The maximum Gasteiger partial charge on any atom is 0.250 e. The fourth-order valence-electron chi connectivity index (χ4n) is 4.19. The first-order valence-corrected chi connectivity index (χ1v) is 11.9. The number of carbonyl (C=O) groups excluding carboxylic acids is 2. The zero-order chi connectivity index (χ0) is 23.6. The van der Waals surface area contributed by atoms with Crippen molar-refractivity contribution in [3.05, 3.63) is 48.0 Å². The summed E-state index contributed by atoms with van der Waals surface area (Å²) < 4.78 is 21.7. The molecule has 2 aliphatic rings. The Kier molecular flexibility index (Phi) is 8.62. The normalized spacial score (nSPS) is 15.1. The van der Waals surface area contributed by atoms with E-state index >= 15 is 0 Å². The van der Waals surface area contributed by atoms with Crippen LogP contribution in [0.3, 0.4) is 0 Å². The lowest BCUT2D eigenvalue weighted by atomic mass is 9.87. The molecule has 0 aromatic heterocycles. The molecule has 2 aromatic rings. The lowest BCUT2D eigenvalue weighted by Gasteiger charge is -2.21. The van der Waals surface area contributed by atoms with Gasteiger partial charge in [0, 0.05) is 12.2 Å². The molecular weight excluding hydrogens is 436 g/mol. The Morgan fingerprint density at radius 3 is 2.50 bits per heavy atom. The molecule has 1 aliphatic heterocycles. The Balaban J connectivity index is 1.08. The first kappa shape index (κ1) is 23.9. The van der Waals surface area contributed by atoms with Gasteiger partial charge in [0.1, 0.15) is 19.0 Å². The van der Waals surface area contributed by atoms with E-state index in [1.165, 1.54) is 32.1 Å². The Hall–Kier alpha value is -3.26. The Morgan fingerprint density at radius 1 is 0.912 bits per heavy atom. The van der Waals surface area contributed by atoms with Crippen LogP contribution in [0.15, 0.2) is 42.5 Å². The van der Waals surface area contributed by atoms with Crippen molar-refractivity contribution in [3.63, 3.8) is 0 Å². The molecule has 0 bridgehead atoms. The molecule has 1 saturated carbocycles.